The first-order valence-corrected chi connectivity index (χ1v) is 8.58. The molecule has 25 heavy (non-hydrogen) atoms. The van der Waals surface area contributed by atoms with Crippen LogP contribution in [0.2, 0.25) is 0 Å². The molecular formula is C19H20FN5. The Labute approximate surface area is 145 Å². The molecular weight excluding hydrogens is 317 g/mol. The van der Waals surface area contributed by atoms with Crippen LogP contribution in [0.25, 0.3) is 16.8 Å². The molecule has 1 atom stereocenters. The summed E-state index contributed by atoms with van der Waals surface area (Å²) < 4.78 is 14.4. The number of aryl methyl sites for hydroxylation is 1. The Morgan fingerprint density at radius 3 is 2.96 bits per heavy atom. The van der Waals surface area contributed by atoms with Crippen molar-refractivity contribution in [2.75, 3.05) is 6.67 Å². The maximum absolute atomic E-state index is 12.5. The third-order valence-corrected chi connectivity index (χ3v) is 4.77. The molecule has 128 valence electrons. The van der Waals surface area contributed by atoms with E-state index in [-0.39, 0.29) is 12.6 Å². The zero-order valence-electron chi connectivity index (χ0n) is 14.4. The molecule has 3 aromatic rings. The predicted molar refractivity (Wildman–Crippen MR) is 96.1 cm³/mol. The molecule has 5 nitrogen and oxygen atoms in total. The number of aromatic nitrogens is 4. The Kier molecular flexibility index (Phi) is 4.03. The molecule has 0 N–H and O–H groups in total. The Morgan fingerprint density at radius 2 is 2.12 bits per heavy atom. The first-order valence-electron chi connectivity index (χ1n) is 8.58. The lowest BCUT2D eigenvalue weighted by molar-refractivity contribution is 0.437. The summed E-state index contributed by atoms with van der Waals surface area (Å²) in [5, 5.41) is 4.39. The van der Waals surface area contributed by atoms with Gasteiger partial charge in [0.1, 0.15) is 5.82 Å². The monoisotopic (exact) mass is 337 g/mol. The Balaban J connectivity index is 1.72. The van der Waals surface area contributed by atoms with E-state index in [4.69, 9.17) is 4.98 Å². The van der Waals surface area contributed by atoms with Crippen LogP contribution in [-0.2, 0) is 6.42 Å². The van der Waals surface area contributed by atoms with Crippen molar-refractivity contribution >= 4 is 16.9 Å². The van der Waals surface area contributed by atoms with E-state index < -0.39 is 0 Å². The first-order chi connectivity index (χ1) is 12.2. The van der Waals surface area contributed by atoms with Crippen molar-refractivity contribution in [1.29, 1.82) is 0 Å². The second kappa shape index (κ2) is 6.35. The van der Waals surface area contributed by atoms with Gasteiger partial charge in [0.2, 0.25) is 0 Å². The van der Waals surface area contributed by atoms with Crippen LogP contribution in [-0.4, -0.2) is 32.0 Å². The third kappa shape index (κ3) is 2.92. The second-order valence-corrected chi connectivity index (χ2v) is 6.51. The predicted octanol–water partition coefficient (Wildman–Crippen LogP) is 4.11. The molecule has 4 heterocycles. The van der Waals surface area contributed by atoms with Gasteiger partial charge in [-0.1, -0.05) is 0 Å². The van der Waals surface area contributed by atoms with Crippen LogP contribution in [0.15, 0.2) is 35.6 Å². The molecule has 0 fully saturated rings. The summed E-state index contributed by atoms with van der Waals surface area (Å²) in [5.41, 5.74) is 5.82. The lowest BCUT2D eigenvalue weighted by Gasteiger charge is -2.22. The van der Waals surface area contributed by atoms with Gasteiger partial charge in [0, 0.05) is 23.4 Å². The summed E-state index contributed by atoms with van der Waals surface area (Å²) in [5.74, 6) is 1.01. The van der Waals surface area contributed by atoms with Crippen LogP contribution < -0.4 is 0 Å². The molecule has 0 radical (unpaired) electrons. The summed E-state index contributed by atoms with van der Waals surface area (Å²) in [6.45, 7) is 3.62. The van der Waals surface area contributed by atoms with Crippen LogP contribution >= 0.6 is 0 Å². The van der Waals surface area contributed by atoms with Crippen LogP contribution in [0.3, 0.4) is 0 Å². The average molecular weight is 337 g/mol. The Bertz CT molecular complexity index is 960. The van der Waals surface area contributed by atoms with E-state index in [0.717, 1.165) is 52.5 Å². The molecule has 0 saturated carbocycles. The van der Waals surface area contributed by atoms with E-state index >= 15 is 0 Å². The second-order valence-electron chi connectivity index (χ2n) is 6.51. The molecule has 0 bridgehead atoms. The largest absolute Gasteiger partial charge is 0.256 e. The minimum absolute atomic E-state index is 0.278. The van der Waals surface area contributed by atoms with Gasteiger partial charge in [0.15, 0.2) is 0 Å². The highest BCUT2D eigenvalue weighted by molar-refractivity contribution is 5.89. The maximum Gasteiger partial charge on any atom is 0.146 e. The van der Waals surface area contributed by atoms with E-state index in [1.807, 2.05) is 49.0 Å². The topological polar surface area (TPSA) is 55.4 Å². The average Bonchev–Trinajstić information content (AvgIpc) is 3.02. The van der Waals surface area contributed by atoms with Crippen molar-refractivity contribution in [3.05, 3.63) is 42.1 Å². The van der Waals surface area contributed by atoms with Gasteiger partial charge in [-0.05, 0) is 51.3 Å². The number of fused-ring (bicyclic) bond motifs is 2. The third-order valence-electron chi connectivity index (χ3n) is 4.77. The standard InChI is InChI=1S/C19H20FN5/c1-12-14(4-3-8-20)10-18-17(22-12)6-5-16(23-18)15-7-9-25-19(15)11-21-13(2)24-25/h5-7,9,11,14H,3-4,8,10H2,1-2H3. The van der Waals surface area contributed by atoms with Crippen LogP contribution in [0.4, 0.5) is 10.1 Å². The van der Waals surface area contributed by atoms with Gasteiger partial charge >= 0.3 is 0 Å². The van der Waals surface area contributed by atoms with Gasteiger partial charge in [-0.3, -0.25) is 14.4 Å². The van der Waals surface area contributed by atoms with E-state index in [0.29, 0.717) is 6.42 Å². The SMILES string of the molecule is CC1=Nc2ccc(-c3ccn4nc(C)ncc34)nc2CC1CCCF. The van der Waals surface area contributed by atoms with E-state index in [1.54, 1.807) is 0 Å². The quantitative estimate of drug-likeness (QED) is 0.720. The fraction of sp³-hybridized carbons (Fsp3) is 0.368. The number of hydrogen-bond acceptors (Lipinski definition) is 4. The van der Waals surface area contributed by atoms with Crippen molar-refractivity contribution < 1.29 is 4.39 Å². The highest BCUT2D eigenvalue weighted by Gasteiger charge is 2.22. The fourth-order valence-electron chi connectivity index (χ4n) is 3.40. The van der Waals surface area contributed by atoms with Crippen LogP contribution in [0.5, 0.6) is 0 Å². The van der Waals surface area contributed by atoms with Crippen LogP contribution in [0.1, 0.15) is 31.3 Å². The minimum atomic E-state index is -0.278. The minimum Gasteiger partial charge on any atom is -0.256 e. The number of aliphatic imine (C=N–C) groups is 1. The summed E-state index contributed by atoms with van der Waals surface area (Å²) in [6, 6.07) is 6.02. The van der Waals surface area contributed by atoms with Gasteiger partial charge in [-0.25, -0.2) is 9.50 Å². The van der Waals surface area contributed by atoms with Crippen molar-refractivity contribution in [2.24, 2.45) is 10.9 Å². The first kappa shape index (κ1) is 15.9. The molecule has 1 unspecified atom stereocenters. The van der Waals surface area contributed by atoms with E-state index in [1.165, 1.54) is 0 Å². The summed E-state index contributed by atoms with van der Waals surface area (Å²) in [4.78, 5) is 13.8. The molecule has 0 amide bonds. The number of pyridine rings is 1. The molecule has 1 aliphatic heterocycles. The number of rotatable bonds is 4. The van der Waals surface area contributed by atoms with Crippen molar-refractivity contribution in [1.82, 2.24) is 19.6 Å². The van der Waals surface area contributed by atoms with Crippen molar-refractivity contribution in [2.45, 2.75) is 33.1 Å². The highest BCUT2D eigenvalue weighted by atomic mass is 19.1. The van der Waals surface area contributed by atoms with Crippen molar-refractivity contribution in [3.63, 3.8) is 0 Å². The molecule has 1 aliphatic rings. The molecule has 0 aliphatic carbocycles. The zero-order valence-corrected chi connectivity index (χ0v) is 14.4. The summed E-state index contributed by atoms with van der Waals surface area (Å²) in [7, 11) is 0. The molecule has 0 aromatic carbocycles. The van der Waals surface area contributed by atoms with Gasteiger partial charge in [-0.2, -0.15) is 5.10 Å². The lowest BCUT2D eigenvalue weighted by Crippen LogP contribution is -2.19. The Morgan fingerprint density at radius 1 is 1.24 bits per heavy atom. The maximum atomic E-state index is 12.5. The number of hydrogen-bond donors (Lipinski definition) is 0. The molecule has 0 saturated heterocycles. The van der Waals surface area contributed by atoms with E-state index in [9.17, 15) is 4.39 Å². The highest BCUT2D eigenvalue weighted by Crippen LogP contribution is 2.32. The lowest BCUT2D eigenvalue weighted by atomic mass is 9.90. The van der Waals surface area contributed by atoms with Gasteiger partial charge < -0.3 is 0 Å². The fourth-order valence-corrected chi connectivity index (χ4v) is 3.40. The summed E-state index contributed by atoms with van der Waals surface area (Å²) in [6.07, 6.45) is 5.96. The number of halogens is 1. The van der Waals surface area contributed by atoms with Crippen molar-refractivity contribution in [3.8, 4) is 11.3 Å². The smallest absolute Gasteiger partial charge is 0.146 e. The zero-order chi connectivity index (χ0) is 17.4. The molecule has 6 heteroatoms. The molecule has 4 rings (SSSR count). The number of alkyl halides is 1. The normalized spacial score (nSPS) is 16.8. The van der Waals surface area contributed by atoms with Gasteiger partial charge in [0.05, 0.1) is 35.5 Å². The molecule has 3 aromatic heterocycles. The summed E-state index contributed by atoms with van der Waals surface area (Å²) >= 11 is 0. The van der Waals surface area contributed by atoms with Gasteiger partial charge in [0.25, 0.3) is 0 Å². The molecule has 0 spiro atoms. The van der Waals surface area contributed by atoms with Gasteiger partial charge in [-0.15, -0.1) is 0 Å². The van der Waals surface area contributed by atoms with E-state index in [2.05, 4.69) is 15.1 Å². The Hall–Kier alpha value is -2.63. The van der Waals surface area contributed by atoms with Crippen LogP contribution in [0, 0.1) is 12.8 Å². The number of nitrogens with zero attached hydrogens (tertiary/aromatic N) is 5.